The van der Waals surface area contributed by atoms with Crippen LogP contribution in [0.3, 0.4) is 0 Å². The van der Waals surface area contributed by atoms with Crippen molar-refractivity contribution in [2.75, 3.05) is 6.61 Å². The third-order valence-corrected chi connectivity index (χ3v) is 2.71. The maximum atomic E-state index is 5.99. The molecule has 0 aliphatic carbocycles. The van der Waals surface area contributed by atoms with Crippen molar-refractivity contribution in [2.45, 2.75) is 25.7 Å². The third kappa shape index (κ3) is 2.47. The summed E-state index contributed by atoms with van der Waals surface area (Å²) in [6.45, 7) is 3.40. The molecule has 1 heterocycles. The Morgan fingerprint density at radius 1 is 1.57 bits per heavy atom. The molecule has 0 radical (unpaired) electrons. The summed E-state index contributed by atoms with van der Waals surface area (Å²) < 4.78 is 10.8. The average Bonchev–Trinajstić information content (AvgIpc) is 2.99. The lowest BCUT2D eigenvalue weighted by atomic mass is 10.2. The lowest BCUT2D eigenvalue weighted by Crippen LogP contribution is -2.15. The molecule has 1 saturated heterocycles. The van der Waals surface area contributed by atoms with Crippen LogP contribution >= 0.6 is 11.6 Å². The van der Waals surface area contributed by atoms with Gasteiger partial charge in [-0.2, -0.15) is 0 Å². The van der Waals surface area contributed by atoms with Crippen molar-refractivity contribution in [1.29, 1.82) is 0 Å². The van der Waals surface area contributed by atoms with Crippen LogP contribution in [0.2, 0.25) is 5.02 Å². The fourth-order valence-corrected chi connectivity index (χ4v) is 1.46. The van der Waals surface area contributed by atoms with E-state index in [9.17, 15) is 0 Å². The highest BCUT2D eigenvalue weighted by atomic mass is 35.5. The van der Waals surface area contributed by atoms with Crippen molar-refractivity contribution < 1.29 is 9.47 Å². The van der Waals surface area contributed by atoms with Gasteiger partial charge in [0.25, 0.3) is 0 Å². The molecule has 0 N–H and O–H groups in total. The second-order valence-corrected chi connectivity index (χ2v) is 3.89. The maximum Gasteiger partial charge on any atom is 0.107 e. The van der Waals surface area contributed by atoms with Gasteiger partial charge < -0.3 is 9.47 Å². The Hall–Kier alpha value is -0.570. The van der Waals surface area contributed by atoms with Gasteiger partial charge in [0.2, 0.25) is 0 Å². The average molecular weight is 213 g/mol. The summed E-state index contributed by atoms with van der Waals surface area (Å²) in [5.41, 5.74) is 1.03. The van der Waals surface area contributed by atoms with Crippen molar-refractivity contribution in [1.82, 2.24) is 0 Å². The van der Waals surface area contributed by atoms with Gasteiger partial charge in [-0.1, -0.05) is 29.8 Å². The second-order valence-electron chi connectivity index (χ2n) is 3.48. The van der Waals surface area contributed by atoms with Crippen LogP contribution in [0.15, 0.2) is 24.3 Å². The van der Waals surface area contributed by atoms with E-state index in [1.165, 1.54) is 0 Å². The van der Waals surface area contributed by atoms with Gasteiger partial charge in [0.05, 0.1) is 19.3 Å². The number of ether oxygens (including phenoxy) is 2. The highest BCUT2D eigenvalue weighted by Crippen LogP contribution is 2.20. The largest absolute Gasteiger partial charge is 0.371 e. The Labute approximate surface area is 88.8 Å². The molecular weight excluding hydrogens is 200 g/mol. The van der Waals surface area contributed by atoms with Gasteiger partial charge in [0.15, 0.2) is 0 Å². The molecule has 0 amide bonds. The molecule has 1 aromatic carbocycles. The van der Waals surface area contributed by atoms with Gasteiger partial charge in [-0.25, -0.2) is 0 Å². The van der Waals surface area contributed by atoms with E-state index in [0.29, 0.717) is 6.61 Å². The molecule has 76 valence electrons. The molecule has 0 spiro atoms. The molecule has 2 rings (SSSR count). The molecule has 0 unspecified atom stereocenters. The molecule has 2 atom stereocenters. The standard InChI is InChI=1S/C11H13ClO2/c1-8(11-7-14-11)13-6-9-4-2-3-5-10(9)12/h2-5,8,11H,6-7H2,1H3/t8-,11+/m0/s1. The number of hydrogen-bond acceptors (Lipinski definition) is 2. The highest BCUT2D eigenvalue weighted by molar-refractivity contribution is 6.31. The number of hydrogen-bond donors (Lipinski definition) is 0. The van der Waals surface area contributed by atoms with E-state index in [1.807, 2.05) is 31.2 Å². The molecule has 0 bridgehead atoms. The van der Waals surface area contributed by atoms with E-state index in [1.54, 1.807) is 0 Å². The van der Waals surface area contributed by atoms with Crippen molar-refractivity contribution in [3.05, 3.63) is 34.9 Å². The van der Waals surface area contributed by atoms with Crippen LogP contribution in [0, 0.1) is 0 Å². The van der Waals surface area contributed by atoms with Crippen LogP contribution < -0.4 is 0 Å². The minimum atomic E-state index is 0.159. The first-order valence-corrected chi connectivity index (χ1v) is 5.12. The number of epoxide rings is 1. The zero-order valence-electron chi connectivity index (χ0n) is 8.07. The monoisotopic (exact) mass is 212 g/mol. The molecule has 1 aliphatic rings. The van der Waals surface area contributed by atoms with E-state index in [4.69, 9.17) is 21.1 Å². The molecule has 1 aromatic rings. The third-order valence-electron chi connectivity index (χ3n) is 2.34. The summed E-state index contributed by atoms with van der Waals surface area (Å²) >= 11 is 5.99. The number of halogens is 1. The maximum absolute atomic E-state index is 5.99. The fraction of sp³-hybridized carbons (Fsp3) is 0.455. The van der Waals surface area contributed by atoms with Crippen molar-refractivity contribution in [3.63, 3.8) is 0 Å². The lowest BCUT2D eigenvalue weighted by molar-refractivity contribution is 0.0341. The molecular formula is C11H13ClO2. The normalized spacial score (nSPS) is 22.0. The molecule has 14 heavy (non-hydrogen) atoms. The molecule has 3 heteroatoms. The van der Waals surface area contributed by atoms with E-state index in [-0.39, 0.29) is 12.2 Å². The van der Waals surface area contributed by atoms with Crippen LogP contribution in [-0.2, 0) is 16.1 Å². The summed E-state index contributed by atoms with van der Waals surface area (Å²) in [6, 6.07) is 7.73. The van der Waals surface area contributed by atoms with E-state index < -0.39 is 0 Å². The van der Waals surface area contributed by atoms with Gasteiger partial charge in [-0.05, 0) is 18.6 Å². The Balaban J connectivity index is 1.87. The van der Waals surface area contributed by atoms with Gasteiger partial charge in [-0.3, -0.25) is 0 Å². The van der Waals surface area contributed by atoms with Crippen LogP contribution in [0.25, 0.3) is 0 Å². The first-order chi connectivity index (χ1) is 6.77. The fourth-order valence-electron chi connectivity index (χ4n) is 1.27. The smallest absolute Gasteiger partial charge is 0.107 e. The lowest BCUT2D eigenvalue weighted by Gasteiger charge is -2.10. The summed E-state index contributed by atoms with van der Waals surface area (Å²) in [4.78, 5) is 0. The summed E-state index contributed by atoms with van der Waals surface area (Å²) in [7, 11) is 0. The molecule has 1 fully saturated rings. The van der Waals surface area contributed by atoms with E-state index in [0.717, 1.165) is 17.2 Å². The zero-order valence-corrected chi connectivity index (χ0v) is 8.83. The predicted octanol–water partition coefficient (Wildman–Crippen LogP) is 2.64. The topological polar surface area (TPSA) is 21.8 Å². The van der Waals surface area contributed by atoms with Crippen LogP contribution in [0.4, 0.5) is 0 Å². The predicted molar refractivity (Wildman–Crippen MR) is 55.4 cm³/mol. The van der Waals surface area contributed by atoms with Crippen LogP contribution in [0.1, 0.15) is 12.5 Å². The minimum Gasteiger partial charge on any atom is -0.371 e. The molecule has 0 saturated carbocycles. The van der Waals surface area contributed by atoms with Crippen molar-refractivity contribution >= 4 is 11.6 Å². The summed E-state index contributed by atoms with van der Waals surface area (Å²) in [6.07, 6.45) is 0.448. The van der Waals surface area contributed by atoms with Crippen molar-refractivity contribution in [2.24, 2.45) is 0 Å². The van der Waals surface area contributed by atoms with E-state index in [2.05, 4.69) is 0 Å². The van der Waals surface area contributed by atoms with Crippen molar-refractivity contribution in [3.8, 4) is 0 Å². The summed E-state index contributed by atoms with van der Waals surface area (Å²) in [5, 5.41) is 0.761. The Bertz CT molecular complexity index is 310. The highest BCUT2D eigenvalue weighted by Gasteiger charge is 2.30. The second kappa shape index (κ2) is 4.30. The van der Waals surface area contributed by atoms with Gasteiger partial charge in [0.1, 0.15) is 6.10 Å². The first-order valence-electron chi connectivity index (χ1n) is 4.74. The Kier molecular flexibility index (Phi) is 3.06. The quantitative estimate of drug-likeness (QED) is 0.716. The molecule has 2 nitrogen and oxygen atoms in total. The number of benzene rings is 1. The Morgan fingerprint density at radius 2 is 2.29 bits per heavy atom. The molecule has 0 aromatic heterocycles. The Morgan fingerprint density at radius 3 is 2.93 bits per heavy atom. The van der Waals surface area contributed by atoms with Crippen LogP contribution in [-0.4, -0.2) is 18.8 Å². The molecule has 1 aliphatic heterocycles. The van der Waals surface area contributed by atoms with E-state index >= 15 is 0 Å². The van der Waals surface area contributed by atoms with Gasteiger partial charge >= 0.3 is 0 Å². The van der Waals surface area contributed by atoms with Gasteiger partial charge in [0, 0.05) is 5.02 Å². The first kappa shape index (κ1) is 9.97. The zero-order chi connectivity index (χ0) is 9.97. The minimum absolute atomic E-state index is 0.159. The summed E-state index contributed by atoms with van der Waals surface area (Å²) in [5.74, 6) is 0. The number of rotatable bonds is 4. The van der Waals surface area contributed by atoms with Crippen LogP contribution in [0.5, 0.6) is 0 Å². The SMILES string of the molecule is C[C@H](OCc1ccccc1Cl)[C@H]1CO1. The van der Waals surface area contributed by atoms with Gasteiger partial charge in [-0.15, -0.1) is 0 Å².